The summed E-state index contributed by atoms with van der Waals surface area (Å²) in [6, 6.07) is 3.70. The molecule has 1 aliphatic carbocycles. The summed E-state index contributed by atoms with van der Waals surface area (Å²) in [5.41, 5.74) is 6.84. The zero-order valence-electron chi connectivity index (χ0n) is 8.79. The largest absolute Gasteiger partial charge is 0.344 e. The third-order valence-electron chi connectivity index (χ3n) is 2.85. The van der Waals surface area contributed by atoms with Gasteiger partial charge in [-0.15, -0.1) is 0 Å². The number of carbonyl (C=O) groups is 1. The van der Waals surface area contributed by atoms with Crippen LogP contribution in [0.1, 0.15) is 28.9 Å². The van der Waals surface area contributed by atoms with Gasteiger partial charge in [0.1, 0.15) is 5.69 Å². The van der Waals surface area contributed by atoms with Gasteiger partial charge >= 0.3 is 0 Å². The molecule has 0 saturated heterocycles. The second-order valence-electron chi connectivity index (χ2n) is 4.11. The Morgan fingerprint density at radius 2 is 2.40 bits per heavy atom. The Labute approximate surface area is 88.9 Å². The van der Waals surface area contributed by atoms with Gasteiger partial charge < -0.3 is 11.1 Å². The molecule has 4 nitrogen and oxygen atoms in total. The van der Waals surface area contributed by atoms with Crippen LogP contribution in [0.3, 0.4) is 0 Å². The first kappa shape index (κ1) is 10.1. The molecule has 80 valence electrons. The first-order valence-electron chi connectivity index (χ1n) is 5.11. The van der Waals surface area contributed by atoms with Crippen molar-refractivity contribution in [2.45, 2.75) is 25.3 Å². The summed E-state index contributed by atoms with van der Waals surface area (Å²) in [6.07, 6.45) is 3.58. The third kappa shape index (κ3) is 1.99. The van der Waals surface area contributed by atoms with Gasteiger partial charge in [0.15, 0.2) is 0 Å². The molecule has 0 radical (unpaired) electrons. The van der Waals surface area contributed by atoms with E-state index in [0.717, 1.165) is 18.4 Å². The van der Waals surface area contributed by atoms with Crippen LogP contribution < -0.4 is 11.1 Å². The summed E-state index contributed by atoms with van der Waals surface area (Å²) in [6.45, 7) is 2.38. The minimum absolute atomic E-state index is 0.115. The summed E-state index contributed by atoms with van der Waals surface area (Å²) in [5, 5.41) is 2.95. The monoisotopic (exact) mass is 205 g/mol. The fourth-order valence-electron chi connectivity index (χ4n) is 1.55. The Morgan fingerprint density at radius 3 is 2.93 bits per heavy atom. The van der Waals surface area contributed by atoms with Crippen LogP contribution in [0, 0.1) is 6.92 Å². The number of aryl methyl sites for hydroxylation is 1. The Balaban J connectivity index is 2.12. The van der Waals surface area contributed by atoms with Crippen molar-refractivity contribution in [1.29, 1.82) is 0 Å². The highest BCUT2D eigenvalue weighted by atomic mass is 16.2. The Hall–Kier alpha value is -1.42. The number of nitrogens with two attached hydrogens (primary N) is 1. The lowest BCUT2D eigenvalue weighted by molar-refractivity contribution is 0.0927. The molecule has 1 amide bonds. The molecular formula is C11H15N3O. The molecule has 0 aliphatic heterocycles. The van der Waals surface area contributed by atoms with Crippen molar-refractivity contribution < 1.29 is 4.79 Å². The number of nitrogens with one attached hydrogen (secondary N) is 1. The van der Waals surface area contributed by atoms with Crippen molar-refractivity contribution in [2.75, 3.05) is 6.54 Å². The Morgan fingerprint density at radius 1 is 1.67 bits per heavy atom. The average molecular weight is 205 g/mol. The SMILES string of the molecule is Cc1cccnc1C(=O)NC1(CN)CC1. The van der Waals surface area contributed by atoms with E-state index in [9.17, 15) is 4.79 Å². The lowest BCUT2D eigenvalue weighted by Gasteiger charge is -2.14. The molecule has 2 rings (SSSR count). The summed E-state index contributed by atoms with van der Waals surface area (Å²) in [5.74, 6) is -0.115. The van der Waals surface area contributed by atoms with Crippen molar-refractivity contribution in [3.05, 3.63) is 29.6 Å². The minimum atomic E-state index is -0.152. The molecule has 1 heterocycles. The molecule has 0 atom stereocenters. The van der Waals surface area contributed by atoms with Crippen LogP contribution in [0.5, 0.6) is 0 Å². The molecule has 0 unspecified atom stereocenters. The standard InChI is InChI=1S/C11H15N3O/c1-8-3-2-6-13-9(8)10(15)14-11(7-12)4-5-11/h2-3,6H,4-5,7,12H2,1H3,(H,14,15). The molecule has 1 saturated carbocycles. The van der Waals surface area contributed by atoms with Crippen molar-refractivity contribution in [2.24, 2.45) is 5.73 Å². The van der Waals surface area contributed by atoms with Crippen molar-refractivity contribution in [1.82, 2.24) is 10.3 Å². The number of carbonyl (C=O) groups excluding carboxylic acids is 1. The number of pyridine rings is 1. The van der Waals surface area contributed by atoms with Crippen LogP contribution in [-0.4, -0.2) is 23.0 Å². The molecule has 1 aromatic rings. The van der Waals surface area contributed by atoms with Crippen LogP contribution in [0.4, 0.5) is 0 Å². The molecule has 3 N–H and O–H groups in total. The van der Waals surface area contributed by atoms with Gasteiger partial charge in [0.25, 0.3) is 5.91 Å². The Kier molecular flexibility index (Phi) is 2.44. The van der Waals surface area contributed by atoms with E-state index in [-0.39, 0.29) is 11.4 Å². The van der Waals surface area contributed by atoms with Gasteiger partial charge in [0, 0.05) is 12.7 Å². The van der Waals surface area contributed by atoms with Gasteiger partial charge in [-0.2, -0.15) is 0 Å². The van der Waals surface area contributed by atoms with Crippen molar-refractivity contribution in [3.8, 4) is 0 Å². The molecule has 1 fully saturated rings. The molecular weight excluding hydrogens is 190 g/mol. The van der Waals surface area contributed by atoms with E-state index >= 15 is 0 Å². The summed E-state index contributed by atoms with van der Waals surface area (Å²) in [4.78, 5) is 15.9. The van der Waals surface area contributed by atoms with Crippen LogP contribution >= 0.6 is 0 Å². The van der Waals surface area contributed by atoms with E-state index in [2.05, 4.69) is 10.3 Å². The highest BCUT2D eigenvalue weighted by Gasteiger charge is 2.42. The number of aromatic nitrogens is 1. The van der Waals surface area contributed by atoms with E-state index < -0.39 is 0 Å². The fraction of sp³-hybridized carbons (Fsp3) is 0.455. The number of nitrogens with zero attached hydrogens (tertiary/aromatic N) is 1. The lowest BCUT2D eigenvalue weighted by Crippen LogP contribution is -2.42. The van der Waals surface area contributed by atoms with Crippen LogP contribution in [0.2, 0.25) is 0 Å². The van der Waals surface area contributed by atoms with Gasteiger partial charge in [-0.25, -0.2) is 0 Å². The second-order valence-corrected chi connectivity index (χ2v) is 4.11. The van der Waals surface area contributed by atoms with Crippen LogP contribution in [0.25, 0.3) is 0 Å². The normalized spacial score (nSPS) is 17.2. The molecule has 15 heavy (non-hydrogen) atoms. The minimum Gasteiger partial charge on any atom is -0.344 e. The maximum atomic E-state index is 11.9. The summed E-state index contributed by atoms with van der Waals surface area (Å²) in [7, 11) is 0. The Bertz CT molecular complexity index is 385. The zero-order valence-corrected chi connectivity index (χ0v) is 8.79. The van der Waals surface area contributed by atoms with E-state index in [0.29, 0.717) is 12.2 Å². The maximum absolute atomic E-state index is 11.9. The topological polar surface area (TPSA) is 68.0 Å². The van der Waals surface area contributed by atoms with Gasteiger partial charge in [0.2, 0.25) is 0 Å². The predicted octanol–water partition coefficient (Wildman–Crippen LogP) is 0.611. The first-order valence-corrected chi connectivity index (χ1v) is 5.11. The molecule has 0 spiro atoms. The summed E-state index contributed by atoms with van der Waals surface area (Å²) < 4.78 is 0. The van der Waals surface area contributed by atoms with E-state index in [1.165, 1.54) is 0 Å². The van der Waals surface area contributed by atoms with Crippen LogP contribution in [0.15, 0.2) is 18.3 Å². The van der Waals surface area contributed by atoms with Gasteiger partial charge in [0.05, 0.1) is 5.54 Å². The molecule has 1 aromatic heterocycles. The molecule has 1 aliphatic rings. The average Bonchev–Trinajstić information content (AvgIpc) is 2.99. The van der Waals surface area contributed by atoms with E-state index in [4.69, 9.17) is 5.73 Å². The second kappa shape index (κ2) is 3.62. The third-order valence-corrected chi connectivity index (χ3v) is 2.85. The number of amides is 1. The highest BCUT2D eigenvalue weighted by Crippen LogP contribution is 2.34. The quantitative estimate of drug-likeness (QED) is 0.759. The zero-order chi connectivity index (χ0) is 10.9. The smallest absolute Gasteiger partial charge is 0.270 e. The van der Waals surface area contributed by atoms with Gasteiger partial charge in [-0.1, -0.05) is 6.07 Å². The number of hydrogen-bond donors (Lipinski definition) is 2. The number of rotatable bonds is 3. The van der Waals surface area contributed by atoms with Crippen molar-refractivity contribution >= 4 is 5.91 Å². The molecule has 4 heteroatoms. The molecule has 0 aromatic carbocycles. The van der Waals surface area contributed by atoms with E-state index in [1.807, 2.05) is 19.1 Å². The fourth-order valence-corrected chi connectivity index (χ4v) is 1.55. The van der Waals surface area contributed by atoms with Gasteiger partial charge in [-0.3, -0.25) is 9.78 Å². The maximum Gasteiger partial charge on any atom is 0.270 e. The van der Waals surface area contributed by atoms with Gasteiger partial charge in [-0.05, 0) is 31.4 Å². The highest BCUT2D eigenvalue weighted by molar-refractivity contribution is 5.94. The predicted molar refractivity (Wildman–Crippen MR) is 57.5 cm³/mol. The lowest BCUT2D eigenvalue weighted by atomic mass is 10.2. The van der Waals surface area contributed by atoms with Crippen LogP contribution in [-0.2, 0) is 0 Å². The molecule has 0 bridgehead atoms. The van der Waals surface area contributed by atoms with E-state index in [1.54, 1.807) is 6.20 Å². The number of hydrogen-bond acceptors (Lipinski definition) is 3. The summed E-state index contributed by atoms with van der Waals surface area (Å²) >= 11 is 0. The first-order chi connectivity index (χ1) is 7.17. The van der Waals surface area contributed by atoms with Crippen molar-refractivity contribution in [3.63, 3.8) is 0 Å².